The Kier molecular flexibility index (Phi) is 5.38. The van der Waals surface area contributed by atoms with Crippen molar-refractivity contribution in [2.75, 3.05) is 19.6 Å². The lowest BCUT2D eigenvalue weighted by molar-refractivity contribution is -0.147. The third-order valence-electron chi connectivity index (χ3n) is 4.77. The second kappa shape index (κ2) is 7.55. The first-order valence-corrected chi connectivity index (χ1v) is 9.29. The minimum Gasteiger partial charge on any atom is -0.481 e. The van der Waals surface area contributed by atoms with E-state index in [0.717, 1.165) is 10.4 Å². The molecule has 2 aromatic rings. The molecule has 0 bridgehead atoms. The zero-order valence-electron chi connectivity index (χ0n) is 14.4. The Morgan fingerprint density at radius 3 is 2.65 bits per heavy atom. The van der Waals surface area contributed by atoms with E-state index in [-0.39, 0.29) is 24.3 Å². The normalized spacial score (nSPS) is 21.5. The highest BCUT2D eigenvalue weighted by Gasteiger charge is 2.40. The number of hydrogen-bond acceptors (Lipinski definition) is 4. The van der Waals surface area contributed by atoms with Gasteiger partial charge in [-0.05, 0) is 49.0 Å². The van der Waals surface area contributed by atoms with E-state index in [4.69, 9.17) is 0 Å². The van der Waals surface area contributed by atoms with Crippen molar-refractivity contribution >= 4 is 23.2 Å². The average Bonchev–Trinajstić information content (AvgIpc) is 3.24. The standard InChI is InChI=1S/C19H21FN2O3S/c1-19(18(24)25)8-9-22(12-19)11-16(23)21-17(15-3-2-10-26-15)13-4-6-14(20)7-5-13/h2-7,10,17H,8-9,11-12H2,1H3,(H,21,23)(H,24,25). The van der Waals surface area contributed by atoms with Gasteiger partial charge in [-0.3, -0.25) is 14.5 Å². The summed E-state index contributed by atoms with van der Waals surface area (Å²) in [6, 6.07) is 9.56. The number of carbonyl (C=O) groups excluding carboxylic acids is 1. The third kappa shape index (κ3) is 4.11. The van der Waals surface area contributed by atoms with Crippen LogP contribution in [0.15, 0.2) is 41.8 Å². The monoisotopic (exact) mass is 376 g/mol. The molecule has 1 aromatic heterocycles. The van der Waals surface area contributed by atoms with Crippen molar-refractivity contribution in [3.05, 3.63) is 58.0 Å². The Morgan fingerprint density at radius 1 is 1.35 bits per heavy atom. The molecule has 0 aliphatic carbocycles. The number of benzene rings is 1. The molecular formula is C19H21FN2O3S. The van der Waals surface area contributed by atoms with Crippen LogP contribution in [-0.4, -0.2) is 41.5 Å². The first-order valence-electron chi connectivity index (χ1n) is 8.41. The van der Waals surface area contributed by atoms with Crippen LogP contribution >= 0.6 is 11.3 Å². The first-order chi connectivity index (χ1) is 12.4. The second-order valence-corrected chi connectivity index (χ2v) is 7.87. The molecule has 1 aromatic carbocycles. The maximum absolute atomic E-state index is 13.2. The minimum absolute atomic E-state index is 0.145. The van der Waals surface area contributed by atoms with Gasteiger partial charge in [-0.1, -0.05) is 18.2 Å². The van der Waals surface area contributed by atoms with Crippen LogP contribution < -0.4 is 5.32 Å². The van der Waals surface area contributed by atoms with Crippen LogP contribution in [-0.2, 0) is 9.59 Å². The van der Waals surface area contributed by atoms with Gasteiger partial charge < -0.3 is 10.4 Å². The Balaban J connectivity index is 1.69. The molecule has 0 radical (unpaired) electrons. The molecule has 0 saturated carbocycles. The summed E-state index contributed by atoms with van der Waals surface area (Å²) in [5, 5.41) is 14.2. The highest BCUT2D eigenvalue weighted by molar-refractivity contribution is 7.10. The lowest BCUT2D eigenvalue weighted by atomic mass is 9.90. The Labute approximate surface area is 155 Å². The van der Waals surface area contributed by atoms with Gasteiger partial charge >= 0.3 is 5.97 Å². The zero-order valence-corrected chi connectivity index (χ0v) is 15.3. The molecule has 2 unspecified atom stereocenters. The molecule has 1 aliphatic heterocycles. The van der Waals surface area contributed by atoms with Gasteiger partial charge in [0.1, 0.15) is 5.82 Å². The topological polar surface area (TPSA) is 69.6 Å². The van der Waals surface area contributed by atoms with E-state index < -0.39 is 11.4 Å². The summed E-state index contributed by atoms with van der Waals surface area (Å²) in [5.41, 5.74) is 0.00343. The molecule has 1 saturated heterocycles. The van der Waals surface area contributed by atoms with E-state index in [1.54, 1.807) is 19.1 Å². The second-order valence-electron chi connectivity index (χ2n) is 6.89. The van der Waals surface area contributed by atoms with E-state index in [1.165, 1.54) is 23.5 Å². The molecule has 2 heterocycles. The van der Waals surface area contributed by atoms with E-state index in [0.29, 0.717) is 19.5 Å². The molecule has 138 valence electrons. The van der Waals surface area contributed by atoms with E-state index >= 15 is 0 Å². The number of thiophene rings is 1. The van der Waals surface area contributed by atoms with Crippen molar-refractivity contribution in [1.29, 1.82) is 0 Å². The summed E-state index contributed by atoms with van der Waals surface area (Å²) < 4.78 is 13.2. The van der Waals surface area contributed by atoms with Gasteiger partial charge in [-0.25, -0.2) is 4.39 Å². The molecule has 2 N–H and O–H groups in total. The van der Waals surface area contributed by atoms with E-state index in [2.05, 4.69) is 5.32 Å². The first kappa shape index (κ1) is 18.5. The molecule has 5 nitrogen and oxygen atoms in total. The van der Waals surface area contributed by atoms with Crippen LogP contribution in [0.2, 0.25) is 0 Å². The number of likely N-dealkylation sites (tertiary alicyclic amines) is 1. The summed E-state index contributed by atoms with van der Waals surface area (Å²) in [7, 11) is 0. The zero-order chi connectivity index (χ0) is 18.7. The summed E-state index contributed by atoms with van der Waals surface area (Å²) in [6.45, 7) is 2.79. The van der Waals surface area contributed by atoms with Crippen molar-refractivity contribution in [2.24, 2.45) is 5.41 Å². The lowest BCUT2D eigenvalue weighted by Gasteiger charge is -2.22. The molecule has 1 amide bonds. The van der Waals surface area contributed by atoms with Crippen molar-refractivity contribution in [3.8, 4) is 0 Å². The number of carboxylic acids is 1. The summed E-state index contributed by atoms with van der Waals surface area (Å²) in [5.74, 6) is -1.33. The number of nitrogens with zero attached hydrogens (tertiary/aromatic N) is 1. The molecule has 26 heavy (non-hydrogen) atoms. The molecule has 2 atom stereocenters. The predicted molar refractivity (Wildman–Crippen MR) is 97.5 cm³/mol. The number of nitrogens with one attached hydrogen (secondary N) is 1. The summed E-state index contributed by atoms with van der Waals surface area (Å²) in [6.07, 6.45) is 0.530. The highest BCUT2D eigenvalue weighted by Crippen LogP contribution is 2.30. The number of amides is 1. The lowest BCUT2D eigenvalue weighted by Crippen LogP contribution is -2.39. The Hall–Kier alpha value is -2.25. The number of rotatable bonds is 6. The van der Waals surface area contributed by atoms with Gasteiger partial charge in [0.15, 0.2) is 0 Å². The summed E-state index contributed by atoms with van der Waals surface area (Å²) in [4.78, 5) is 26.7. The maximum atomic E-state index is 13.2. The van der Waals surface area contributed by atoms with Crippen LogP contribution in [0.25, 0.3) is 0 Å². The average molecular weight is 376 g/mol. The third-order valence-corrected chi connectivity index (χ3v) is 5.71. The Morgan fingerprint density at radius 2 is 2.08 bits per heavy atom. The molecule has 1 fully saturated rings. The predicted octanol–water partition coefficient (Wildman–Crippen LogP) is 2.89. The van der Waals surface area contributed by atoms with Crippen LogP contribution in [0.5, 0.6) is 0 Å². The van der Waals surface area contributed by atoms with Crippen molar-refractivity contribution < 1.29 is 19.1 Å². The maximum Gasteiger partial charge on any atom is 0.310 e. The number of aliphatic carboxylic acids is 1. The van der Waals surface area contributed by atoms with E-state index in [9.17, 15) is 19.1 Å². The van der Waals surface area contributed by atoms with E-state index in [1.807, 2.05) is 22.4 Å². The molecule has 1 aliphatic rings. The summed E-state index contributed by atoms with van der Waals surface area (Å²) >= 11 is 1.52. The fourth-order valence-electron chi connectivity index (χ4n) is 3.21. The quantitative estimate of drug-likeness (QED) is 0.813. The van der Waals surface area contributed by atoms with Crippen LogP contribution in [0.1, 0.15) is 29.8 Å². The van der Waals surface area contributed by atoms with Crippen LogP contribution in [0, 0.1) is 11.2 Å². The number of hydrogen-bond donors (Lipinski definition) is 2. The Bertz CT molecular complexity index is 779. The van der Waals surface area contributed by atoms with Gasteiger partial charge in [0.25, 0.3) is 0 Å². The van der Waals surface area contributed by atoms with Gasteiger partial charge in [0, 0.05) is 11.4 Å². The fourth-order valence-corrected chi connectivity index (χ4v) is 4.01. The van der Waals surface area contributed by atoms with Crippen molar-refractivity contribution in [3.63, 3.8) is 0 Å². The van der Waals surface area contributed by atoms with Gasteiger partial charge in [0.2, 0.25) is 5.91 Å². The van der Waals surface area contributed by atoms with Gasteiger partial charge in [-0.2, -0.15) is 0 Å². The molecule has 3 rings (SSSR count). The van der Waals surface area contributed by atoms with Crippen molar-refractivity contribution in [2.45, 2.75) is 19.4 Å². The molecular weight excluding hydrogens is 355 g/mol. The van der Waals surface area contributed by atoms with Gasteiger partial charge in [-0.15, -0.1) is 11.3 Å². The molecule has 0 spiro atoms. The highest BCUT2D eigenvalue weighted by atomic mass is 32.1. The smallest absolute Gasteiger partial charge is 0.310 e. The van der Waals surface area contributed by atoms with Crippen LogP contribution in [0.4, 0.5) is 4.39 Å². The number of carbonyl (C=O) groups is 2. The largest absolute Gasteiger partial charge is 0.481 e. The van der Waals surface area contributed by atoms with Crippen LogP contribution in [0.3, 0.4) is 0 Å². The number of halogens is 1. The number of carboxylic acid groups (broad SMARTS) is 1. The fraction of sp³-hybridized carbons (Fsp3) is 0.368. The minimum atomic E-state index is -0.830. The molecule has 7 heteroatoms. The SMILES string of the molecule is CC1(C(=O)O)CCN(CC(=O)NC(c2ccc(F)cc2)c2cccs2)C1. The van der Waals surface area contributed by atoms with Gasteiger partial charge in [0.05, 0.1) is 18.0 Å². The van der Waals surface area contributed by atoms with Crippen molar-refractivity contribution in [1.82, 2.24) is 10.2 Å².